The Bertz CT molecular complexity index is 337. The summed E-state index contributed by atoms with van der Waals surface area (Å²) in [5, 5.41) is 11.8. The minimum Gasteiger partial charge on any atom is -0.623 e. The van der Waals surface area contributed by atoms with E-state index in [1.165, 1.54) is 0 Å². The van der Waals surface area contributed by atoms with Gasteiger partial charge in [-0.3, -0.25) is 4.99 Å². The topological polar surface area (TPSA) is 38.4 Å². The molecule has 3 nitrogen and oxygen atoms in total. The maximum Gasteiger partial charge on any atom is 0.233 e. The van der Waals surface area contributed by atoms with E-state index in [0.717, 1.165) is 16.2 Å². The van der Waals surface area contributed by atoms with Crippen molar-refractivity contribution in [3.63, 3.8) is 0 Å². The molecule has 2 aliphatic heterocycles. The van der Waals surface area contributed by atoms with Gasteiger partial charge in [-0.2, -0.15) is 4.74 Å². The molecule has 0 fully saturated rings. The van der Waals surface area contributed by atoms with E-state index in [0.29, 0.717) is 6.54 Å². The summed E-state index contributed by atoms with van der Waals surface area (Å²) in [6.07, 6.45) is 3.82. The van der Waals surface area contributed by atoms with Gasteiger partial charge in [-0.05, 0) is 6.92 Å². The first-order valence-electron chi connectivity index (χ1n) is 4.60. The third-order valence-corrected chi connectivity index (χ3v) is 3.12. The zero-order valence-electron chi connectivity index (χ0n) is 8.24. The van der Waals surface area contributed by atoms with Crippen LogP contribution in [0, 0.1) is 11.1 Å². The average Bonchev–Trinajstić information content (AvgIpc) is 2.30. The summed E-state index contributed by atoms with van der Waals surface area (Å²) in [5.41, 5.74) is 1.38. The Balaban J connectivity index is 2.55. The van der Waals surface area contributed by atoms with Gasteiger partial charge in [0.1, 0.15) is 5.71 Å². The molecule has 0 radical (unpaired) electrons. The highest BCUT2D eigenvalue weighted by atomic mass is 16.5. The molecule has 3 heteroatoms. The van der Waals surface area contributed by atoms with Gasteiger partial charge in [-0.15, -0.1) is 0 Å². The molecule has 0 saturated carbocycles. The van der Waals surface area contributed by atoms with E-state index in [-0.39, 0.29) is 11.5 Å². The lowest BCUT2D eigenvalue weighted by Crippen LogP contribution is -2.35. The van der Waals surface area contributed by atoms with Gasteiger partial charge in [0.2, 0.25) is 5.71 Å². The molecule has 0 aliphatic carbocycles. The van der Waals surface area contributed by atoms with E-state index in [4.69, 9.17) is 0 Å². The van der Waals surface area contributed by atoms with Crippen molar-refractivity contribution in [1.29, 1.82) is 0 Å². The van der Waals surface area contributed by atoms with Crippen LogP contribution < -0.4 is 0 Å². The number of hydroxylamine groups is 1. The summed E-state index contributed by atoms with van der Waals surface area (Å²) in [6, 6.07) is 0. The highest BCUT2D eigenvalue weighted by Gasteiger charge is 2.48. The van der Waals surface area contributed by atoms with Crippen molar-refractivity contribution in [1.82, 2.24) is 0 Å². The molecular weight excluding hydrogens is 164 g/mol. The Morgan fingerprint density at radius 2 is 2.31 bits per heavy atom. The maximum atomic E-state index is 11.8. The molecule has 2 rings (SSSR count). The molecule has 0 amide bonds. The fourth-order valence-corrected chi connectivity index (χ4v) is 1.83. The maximum absolute atomic E-state index is 11.8. The summed E-state index contributed by atoms with van der Waals surface area (Å²) in [7, 11) is 0. The van der Waals surface area contributed by atoms with Gasteiger partial charge in [0.25, 0.3) is 0 Å². The van der Waals surface area contributed by atoms with Gasteiger partial charge in [0.05, 0.1) is 12.5 Å². The predicted octanol–water partition coefficient (Wildman–Crippen LogP) is 1.38. The van der Waals surface area contributed by atoms with Crippen LogP contribution in [0.25, 0.3) is 0 Å². The standard InChI is InChI=1S/C10H14N2O/c1-7-9-8(5-4-6-11-9)12(13)10(7,2)3/h4-5,7H,6H2,1-3H3. The van der Waals surface area contributed by atoms with E-state index in [1.54, 1.807) is 0 Å². The smallest absolute Gasteiger partial charge is 0.233 e. The fourth-order valence-electron chi connectivity index (χ4n) is 1.83. The number of hydrogen-bond acceptors (Lipinski definition) is 2. The quantitative estimate of drug-likeness (QED) is 0.408. The largest absolute Gasteiger partial charge is 0.623 e. The van der Waals surface area contributed by atoms with Crippen LogP contribution in [0.4, 0.5) is 0 Å². The zero-order valence-corrected chi connectivity index (χ0v) is 8.24. The van der Waals surface area contributed by atoms with Crippen molar-refractivity contribution in [3.05, 3.63) is 17.4 Å². The second kappa shape index (κ2) is 2.44. The number of rotatable bonds is 0. The van der Waals surface area contributed by atoms with E-state index in [2.05, 4.69) is 11.9 Å². The van der Waals surface area contributed by atoms with Gasteiger partial charge in [-0.1, -0.05) is 6.08 Å². The van der Waals surface area contributed by atoms with E-state index >= 15 is 0 Å². The Morgan fingerprint density at radius 3 is 2.92 bits per heavy atom. The molecule has 0 aromatic heterocycles. The lowest BCUT2D eigenvalue weighted by atomic mass is 9.87. The van der Waals surface area contributed by atoms with Crippen LogP contribution in [-0.4, -0.2) is 28.2 Å². The molecule has 0 N–H and O–H groups in total. The number of allylic oxidation sites excluding steroid dienone is 1. The molecule has 0 spiro atoms. The van der Waals surface area contributed by atoms with Crippen LogP contribution in [0.5, 0.6) is 0 Å². The third kappa shape index (κ3) is 0.961. The van der Waals surface area contributed by atoms with E-state index in [9.17, 15) is 5.21 Å². The molecule has 13 heavy (non-hydrogen) atoms. The normalized spacial score (nSPS) is 30.4. The summed E-state index contributed by atoms with van der Waals surface area (Å²) in [4.78, 5) is 4.37. The van der Waals surface area contributed by atoms with Crippen LogP contribution in [0.1, 0.15) is 20.8 Å². The van der Waals surface area contributed by atoms with Crippen molar-refractivity contribution >= 4 is 11.4 Å². The fraction of sp³-hybridized carbons (Fsp3) is 0.600. The molecule has 0 bridgehead atoms. The first-order chi connectivity index (χ1) is 6.05. The monoisotopic (exact) mass is 178 g/mol. The van der Waals surface area contributed by atoms with Crippen LogP contribution in [0.3, 0.4) is 0 Å². The van der Waals surface area contributed by atoms with Crippen molar-refractivity contribution < 1.29 is 4.74 Å². The molecule has 2 heterocycles. The number of dihydropyridines is 1. The lowest BCUT2D eigenvalue weighted by Gasteiger charge is -2.22. The van der Waals surface area contributed by atoms with Crippen LogP contribution in [0.15, 0.2) is 17.1 Å². The van der Waals surface area contributed by atoms with Crippen molar-refractivity contribution in [3.8, 4) is 0 Å². The second-order valence-corrected chi connectivity index (χ2v) is 4.18. The molecule has 70 valence electrons. The van der Waals surface area contributed by atoms with Crippen molar-refractivity contribution in [2.75, 3.05) is 6.54 Å². The average molecular weight is 178 g/mol. The van der Waals surface area contributed by atoms with Crippen molar-refractivity contribution in [2.45, 2.75) is 26.3 Å². The van der Waals surface area contributed by atoms with Gasteiger partial charge in [-0.25, -0.2) is 0 Å². The van der Waals surface area contributed by atoms with Gasteiger partial charge >= 0.3 is 0 Å². The highest BCUT2D eigenvalue weighted by Crippen LogP contribution is 2.29. The van der Waals surface area contributed by atoms with E-state index in [1.807, 2.05) is 26.0 Å². The lowest BCUT2D eigenvalue weighted by molar-refractivity contribution is -0.537. The Labute approximate surface area is 78.1 Å². The van der Waals surface area contributed by atoms with Crippen LogP contribution >= 0.6 is 0 Å². The molecule has 2 aliphatic rings. The number of fused-ring (bicyclic) bond motifs is 1. The van der Waals surface area contributed by atoms with Gasteiger partial charge in [0.15, 0.2) is 5.54 Å². The molecule has 1 atom stereocenters. The predicted molar refractivity (Wildman–Crippen MR) is 53.3 cm³/mol. The first kappa shape index (κ1) is 8.48. The highest BCUT2D eigenvalue weighted by molar-refractivity contribution is 6.46. The Kier molecular flexibility index (Phi) is 1.59. The number of aliphatic imine (C=N–C) groups is 1. The number of hydrogen-bond donors (Lipinski definition) is 0. The minimum atomic E-state index is -0.344. The molecule has 0 aromatic rings. The summed E-state index contributed by atoms with van der Waals surface area (Å²) in [6.45, 7) is 6.71. The molecule has 0 aromatic carbocycles. The van der Waals surface area contributed by atoms with Gasteiger partial charge in [0, 0.05) is 19.9 Å². The second-order valence-electron chi connectivity index (χ2n) is 4.18. The van der Waals surface area contributed by atoms with Crippen LogP contribution in [0.2, 0.25) is 0 Å². The molecule has 1 unspecified atom stereocenters. The first-order valence-corrected chi connectivity index (χ1v) is 4.60. The summed E-state index contributed by atoms with van der Waals surface area (Å²) < 4.78 is 1.09. The summed E-state index contributed by atoms with van der Waals surface area (Å²) >= 11 is 0. The SMILES string of the molecule is CC1C2=NCC=CC2=[N+]([O-])C1(C)C. The van der Waals surface area contributed by atoms with E-state index < -0.39 is 0 Å². The Morgan fingerprint density at radius 1 is 1.62 bits per heavy atom. The third-order valence-electron chi connectivity index (χ3n) is 3.12. The van der Waals surface area contributed by atoms with Crippen LogP contribution in [-0.2, 0) is 0 Å². The number of nitrogens with zero attached hydrogens (tertiary/aromatic N) is 2. The van der Waals surface area contributed by atoms with Crippen molar-refractivity contribution in [2.24, 2.45) is 10.9 Å². The minimum absolute atomic E-state index is 0.227. The molecular formula is C10H14N2O. The summed E-state index contributed by atoms with van der Waals surface area (Å²) in [5.74, 6) is 0.227. The Hall–Kier alpha value is -1.12. The van der Waals surface area contributed by atoms with Gasteiger partial charge < -0.3 is 5.21 Å². The molecule has 0 saturated heterocycles. The zero-order chi connectivity index (χ0) is 9.64.